The summed E-state index contributed by atoms with van der Waals surface area (Å²) in [7, 11) is 0. The van der Waals surface area contributed by atoms with E-state index in [1.165, 1.54) is 0 Å². The monoisotopic (exact) mass is 353 g/mol. The number of hydrogen-bond donors (Lipinski definition) is 0. The molecule has 0 saturated heterocycles. The largest absolute Gasteiger partial charge is 0.365 e. The van der Waals surface area contributed by atoms with Gasteiger partial charge in [0.05, 0.1) is 12.6 Å². The normalized spacial score (nSPS) is 13.5. The highest BCUT2D eigenvalue weighted by atomic mass is 79.9. The van der Waals surface area contributed by atoms with E-state index in [1.807, 2.05) is 36.1 Å². The first-order valence-corrected chi connectivity index (χ1v) is 8.09. The first kappa shape index (κ1) is 17.9. The fourth-order valence-electron chi connectivity index (χ4n) is 2.23. The first-order chi connectivity index (χ1) is 10.0. The number of ether oxygens (including phenoxy) is 1. The Kier molecular flexibility index (Phi) is 7.68. The van der Waals surface area contributed by atoms with Crippen molar-refractivity contribution in [1.82, 2.24) is 4.90 Å². The average Bonchev–Trinajstić information content (AvgIpc) is 2.49. The molecule has 0 heterocycles. The number of rotatable bonds is 8. The van der Waals surface area contributed by atoms with Gasteiger partial charge < -0.3 is 9.64 Å². The zero-order valence-electron chi connectivity index (χ0n) is 13.0. The highest BCUT2D eigenvalue weighted by molar-refractivity contribution is 9.10. The molecular formula is C17H24BrNO2. The molecule has 0 aromatic heterocycles. The predicted molar refractivity (Wildman–Crippen MR) is 90.2 cm³/mol. The quantitative estimate of drug-likeness (QED) is 0.650. The van der Waals surface area contributed by atoms with Gasteiger partial charge in [0, 0.05) is 11.0 Å². The summed E-state index contributed by atoms with van der Waals surface area (Å²) in [6.07, 6.45) is 2.11. The molecule has 0 spiro atoms. The zero-order chi connectivity index (χ0) is 15.8. The van der Waals surface area contributed by atoms with Gasteiger partial charge in [-0.05, 0) is 31.9 Å². The molecule has 1 aromatic carbocycles. The SMILES string of the molecule is C=CCOC(C)C(=O)N(CCC)C(C)c1ccccc1Br. The molecule has 0 aliphatic heterocycles. The van der Waals surface area contributed by atoms with Crippen LogP contribution in [0.25, 0.3) is 0 Å². The summed E-state index contributed by atoms with van der Waals surface area (Å²) >= 11 is 3.56. The van der Waals surface area contributed by atoms with Gasteiger partial charge in [0.2, 0.25) is 0 Å². The maximum atomic E-state index is 12.6. The van der Waals surface area contributed by atoms with Crippen LogP contribution in [0.1, 0.15) is 38.8 Å². The lowest BCUT2D eigenvalue weighted by atomic mass is 10.1. The molecule has 1 aromatic rings. The second kappa shape index (κ2) is 9.00. The van der Waals surface area contributed by atoms with Gasteiger partial charge in [-0.3, -0.25) is 4.79 Å². The molecule has 0 bridgehead atoms. The Morgan fingerprint density at radius 3 is 2.67 bits per heavy atom. The Balaban J connectivity index is 2.92. The molecule has 1 rings (SSSR count). The molecule has 4 heteroatoms. The van der Waals surface area contributed by atoms with Crippen molar-refractivity contribution in [2.75, 3.05) is 13.2 Å². The number of hydrogen-bond acceptors (Lipinski definition) is 2. The number of carbonyl (C=O) groups is 1. The summed E-state index contributed by atoms with van der Waals surface area (Å²) in [4.78, 5) is 14.5. The summed E-state index contributed by atoms with van der Waals surface area (Å²) in [6, 6.07) is 8.01. The van der Waals surface area contributed by atoms with E-state index in [4.69, 9.17) is 4.74 Å². The number of nitrogens with zero attached hydrogens (tertiary/aromatic N) is 1. The molecule has 0 N–H and O–H groups in total. The number of benzene rings is 1. The van der Waals surface area contributed by atoms with Crippen LogP contribution in [-0.4, -0.2) is 30.1 Å². The molecule has 1 amide bonds. The maximum Gasteiger partial charge on any atom is 0.251 e. The summed E-state index contributed by atoms with van der Waals surface area (Å²) in [5.74, 6) is 0.0157. The van der Waals surface area contributed by atoms with Crippen LogP contribution in [0.15, 0.2) is 41.4 Å². The molecule has 21 heavy (non-hydrogen) atoms. The van der Waals surface area contributed by atoms with Crippen LogP contribution >= 0.6 is 15.9 Å². The van der Waals surface area contributed by atoms with E-state index < -0.39 is 6.10 Å². The molecule has 2 atom stereocenters. The van der Waals surface area contributed by atoms with Gasteiger partial charge >= 0.3 is 0 Å². The Labute approximate surface area is 136 Å². The van der Waals surface area contributed by atoms with Gasteiger partial charge in [0.1, 0.15) is 6.10 Å². The lowest BCUT2D eigenvalue weighted by Gasteiger charge is -2.32. The number of amides is 1. The minimum Gasteiger partial charge on any atom is -0.365 e. The lowest BCUT2D eigenvalue weighted by Crippen LogP contribution is -2.41. The van der Waals surface area contributed by atoms with Gasteiger partial charge in [-0.1, -0.05) is 47.1 Å². The van der Waals surface area contributed by atoms with Crippen LogP contribution in [0.2, 0.25) is 0 Å². The third-order valence-electron chi connectivity index (χ3n) is 3.38. The van der Waals surface area contributed by atoms with Crippen molar-refractivity contribution in [3.05, 3.63) is 47.0 Å². The third kappa shape index (κ3) is 4.97. The van der Waals surface area contributed by atoms with Gasteiger partial charge in [0.25, 0.3) is 5.91 Å². The number of halogens is 1. The molecule has 2 unspecified atom stereocenters. The molecule has 0 aliphatic carbocycles. The van der Waals surface area contributed by atoms with E-state index in [2.05, 4.69) is 29.4 Å². The van der Waals surface area contributed by atoms with Gasteiger partial charge in [-0.25, -0.2) is 0 Å². The molecule has 0 radical (unpaired) electrons. The van der Waals surface area contributed by atoms with Crippen molar-refractivity contribution in [2.45, 2.75) is 39.3 Å². The molecule has 0 saturated carbocycles. The predicted octanol–water partition coefficient (Wildman–Crippen LogP) is 4.34. The van der Waals surface area contributed by atoms with Crippen LogP contribution in [-0.2, 0) is 9.53 Å². The van der Waals surface area contributed by atoms with Gasteiger partial charge in [-0.2, -0.15) is 0 Å². The smallest absolute Gasteiger partial charge is 0.251 e. The zero-order valence-corrected chi connectivity index (χ0v) is 14.6. The van der Waals surface area contributed by atoms with Crippen LogP contribution in [0.4, 0.5) is 0 Å². The minimum atomic E-state index is -0.459. The van der Waals surface area contributed by atoms with Crippen molar-refractivity contribution in [3.8, 4) is 0 Å². The van der Waals surface area contributed by atoms with E-state index in [9.17, 15) is 4.79 Å². The van der Waals surface area contributed by atoms with Crippen LogP contribution < -0.4 is 0 Å². The number of carbonyl (C=O) groups excluding carboxylic acids is 1. The van der Waals surface area contributed by atoms with E-state index in [-0.39, 0.29) is 11.9 Å². The van der Waals surface area contributed by atoms with Crippen LogP contribution in [0.3, 0.4) is 0 Å². The topological polar surface area (TPSA) is 29.5 Å². The summed E-state index contributed by atoms with van der Waals surface area (Å²) in [5, 5.41) is 0. The fourth-order valence-corrected chi connectivity index (χ4v) is 2.85. The van der Waals surface area contributed by atoms with Crippen molar-refractivity contribution in [2.24, 2.45) is 0 Å². The molecular weight excluding hydrogens is 330 g/mol. The van der Waals surface area contributed by atoms with Crippen molar-refractivity contribution in [3.63, 3.8) is 0 Å². The average molecular weight is 354 g/mol. The summed E-state index contributed by atoms with van der Waals surface area (Å²) in [5.41, 5.74) is 1.11. The molecule has 0 fully saturated rings. The van der Waals surface area contributed by atoms with Crippen LogP contribution in [0.5, 0.6) is 0 Å². The Hall–Kier alpha value is -1.13. The van der Waals surface area contributed by atoms with E-state index in [0.29, 0.717) is 13.2 Å². The van der Waals surface area contributed by atoms with E-state index in [0.717, 1.165) is 16.5 Å². The third-order valence-corrected chi connectivity index (χ3v) is 4.10. The van der Waals surface area contributed by atoms with Crippen molar-refractivity contribution >= 4 is 21.8 Å². The Morgan fingerprint density at radius 1 is 1.43 bits per heavy atom. The highest BCUT2D eigenvalue weighted by Crippen LogP contribution is 2.28. The van der Waals surface area contributed by atoms with E-state index >= 15 is 0 Å². The summed E-state index contributed by atoms with van der Waals surface area (Å²) in [6.45, 7) is 10.6. The second-order valence-electron chi connectivity index (χ2n) is 4.99. The van der Waals surface area contributed by atoms with E-state index in [1.54, 1.807) is 13.0 Å². The first-order valence-electron chi connectivity index (χ1n) is 7.30. The van der Waals surface area contributed by atoms with Gasteiger partial charge in [0.15, 0.2) is 0 Å². The van der Waals surface area contributed by atoms with Crippen molar-refractivity contribution < 1.29 is 9.53 Å². The molecule has 0 aliphatic rings. The highest BCUT2D eigenvalue weighted by Gasteiger charge is 2.26. The Bertz CT molecular complexity index is 476. The second-order valence-corrected chi connectivity index (χ2v) is 5.85. The molecule has 3 nitrogen and oxygen atoms in total. The maximum absolute atomic E-state index is 12.6. The van der Waals surface area contributed by atoms with Crippen molar-refractivity contribution in [1.29, 1.82) is 0 Å². The fraction of sp³-hybridized carbons (Fsp3) is 0.471. The standard InChI is InChI=1S/C17H24BrNO2/c1-5-11-19(17(20)14(4)21-12-6-2)13(3)15-9-7-8-10-16(15)18/h6-10,13-14H,2,5,11-12H2,1,3-4H3. The summed E-state index contributed by atoms with van der Waals surface area (Å²) < 4.78 is 6.50. The molecule has 116 valence electrons. The Morgan fingerprint density at radius 2 is 2.10 bits per heavy atom. The minimum absolute atomic E-state index is 0.00260. The van der Waals surface area contributed by atoms with Gasteiger partial charge in [-0.15, -0.1) is 6.58 Å². The van der Waals surface area contributed by atoms with Crippen LogP contribution in [0, 0.1) is 0 Å². The lowest BCUT2D eigenvalue weighted by molar-refractivity contribution is -0.144.